The fraction of sp³-hybridized carbons (Fsp3) is 0.292. The molecule has 0 aliphatic rings. The summed E-state index contributed by atoms with van der Waals surface area (Å²) in [7, 11) is 2.91. The molecule has 14 heteroatoms. The molecule has 5 N–H and O–H groups in total. The highest BCUT2D eigenvalue weighted by Crippen LogP contribution is 2.35. The van der Waals surface area contributed by atoms with Crippen molar-refractivity contribution in [3.63, 3.8) is 0 Å². The van der Waals surface area contributed by atoms with E-state index in [-0.39, 0.29) is 29.4 Å². The number of methoxy groups -OCH3 is 2. The van der Waals surface area contributed by atoms with Crippen LogP contribution in [0.3, 0.4) is 0 Å². The summed E-state index contributed by atoms with van der Waals surface area (Å²) in [5.74, 6) is -2.10. The molecule has 1 aromatic carbocycles. The lowest BCUT2D eigenvalue weighted by Crippen LogP contribution is -2.44. The minimum absolute atomic E-state index is 0.00554. The van der Waals surface area contributed by atoms with Crippen LogP contribution in [0, 0.1) is 0 Å². The van der Waals surface area contributed by atoms with Gasteiger partial charge in [-0.05, 0) is 47.6 Å². The summed E-state index contributed by atoms with van der Waals surface area (Å²) in [6.07, 6.45) is 0. The highest BCUT2D eigenvalue weighted by atomic mass is 32.1. The zero-order chi connectivity index (χ0) is 27.8. The Kier molecular flexibility index (Phi) is 9.62. The van der Waals surface area contributed by atoms with Crippen molar-refractivity contribution in [3.8, 4) is 11.5 Å². The second kappa shape index (κ2) is 12.9. The Morgan fingerprint density at radius 3 is 2.45 bits per heavy atom. The number of nitrogen functional groups attached to an aromatic ring is 1. The molecule has 3 aromatic rings. The number of ether oxygens (including phenoxy) is 3. The number of aromatic nitrogens is 1. The van der Waals surface area contributed by atoms with Gasteiger partial charge in [0.15, 0.2) is 17.2 Å². The fourth-order valence-corrected chi connectivity index (χ4v) is 5.04. The van der Waals surface area contributed by atoms with Gasteiger partial charge >= 0.3 is 5.97 Å². The number of rotatable bonds is 12. The van der Waals surface area contributed by atoms with Gasteiger partial charge in [-0.2, -0.15) is 4.37 Å². The molecule has 3 rings (SSSR count). The number of nitrogens with zero attached hydrogens (tertiary/aromatic N) is 2. The van der Waals surface area contributed by atoms with Crippen molar-refractivity contribution < 1.29 is 33.4 Å². The van der Waals surface area contributed by atoms with Crippen molar-refractivity contribution in [1.29, 1.82) is 0 Å². The largest absolute Gasteiger partial charge is 0.493 e. The Balaban J connectivity index is 2.13. The first-order valence-corrected chi connectivity index (χ1v) is 12.9. The highest BCUT2D eigenvalue weighted by molar-refractivity contribution is 7.10. The number of hydrogen-bond donors (Lipinski definition) is 3. The van der Waals surface area contributed by atoms with E-state index in [4.69, 9.17) is 25.7 Å². The first-order chi connectivity index (χ1) is 18.2. The standard InChI is InChI=1S/C24H27N5O7S2/c1-4-36-17(30)11-27-23(32)20(13-7-8-15(34-2)16(10-13)35-3)29(12-14-6-5-9-37-14)24(33)21-18(25)19(22(26)31)28-38-21/h5-10,20H,4,11-12,25H2,1-3H3,(H2,26,31)(H,27,32)/t20-/m0/s1. The number of anilines is 1. The average Bonchev–Trinajstić information content (AvgIpc) is 3.56. The van der Waals surface area contributed by atoms with Crippen LogP contribution in [-0.4, -0.2) is 60.3 Å². The van der Waals surface area contributed by atoms with Crippen LogP contribution in [0.25, 0.3) is 0 Å². The van der Waals surface area contributed by atoms with E-state index in [1.165, 1.54) is 30.5 Å². The molecule has 2 aromatic heterocycles. The Hall–Kier alpha value is -4.17. The van der Waals surface area contributed by atoms with E-state index in [1.54, 1.807) is 37.3 Å². The number of thiophene rings is 1. The Labute approximate surface area is 226 Å². The summed E-state index contributed by atoms with van der Waals surface area (Å²) in [4.78, 5) is 53.2. The van der Waals surface area contributed by atoms with Crippen LogP contribution >= 0.6 is 22.9 Å². The zero-order valence-corrected chi connectivity index (χ0v) is 22.5. The van der Waals surface area contributed by atoms with Crippen molar-refractivity contribution in [1.82, 2.24) is 14.6 Å². The molecule has 1 atom stereocenters. The van der Waals surface area contributed by atoms with Crippen LogP contribution < -0.4 is 26.3 Å². The number of hydrogen-bond acceptors (Lipinski definition) is 11. The van der Waals surface area contributed by atoms with Gasteiger partial charge in [0.1, 0.15) is 17.5 Å². The third-order valence-corrected chi connectivity index (χ3v) is 7.03. The number of nitrogens with one attached hydrogen (secondary N) is 1. The van der Waals surface area contributed by atoms with Gasteiger partial charge in [0.2, 0.25) is 5.91 Å². The van der Waals surface area contributed by atoms with Crippen molar-refractivity contribution >= 4 is 52.2 Å². The van der Waals surface area contributed by atoms with Crippen LogP contribution in [-0.2, 0) is 20.9 Å². The summed E-state index contributed by atoms with van der Waals surface area (Å²) in [6.45, 7) is 1.38. The molecular weight excluding hydrogens is 534 g/mol. The Morgan fingerprint density at radius 2 is 1.87 bits per heavy atom. The van der Waals surface area contributed by atoms with E-state index in [1.807, 2.05) is 5.38 Å². The number of nitrogens with two attached hydrogens (primary N) is 2. The quantitative estimate of drug-likeness (QED) is 0.279. The molecule has 0 fully saturated rings. The monoisotopic (exact) mass is 561 g/mol. The molecular formula is C24H27N5O7S2. The normalized spacial score (nSPS) is 11.3. The number of amides is 3. The van der Waals surface area contributed by atoms with Crippen molar-refractivity contribution in [3.05, 3.63) is 56.7 Å². The van der Waals surface area contributed by atoms with Gasteiger partial charge in [-0.25, -0.2) is 0 Å². The van der Waals surface area contributed by atoms with Crippen molar-refractivity contribution in [2.45, 2.75) is 19.5 Å². The molecule has 0 aliphatic carbocycles. The third kappa shape index (κ3) is 6.39. The predicted octanol–water partition coefficient (Wildman–Crippen LogP) is 1.97. The summed E-state index contributed by atoms with van der Waals surface area (Å²) >= 11 is 2.08. The fourth-order valence-electron chi connectivity index (χ4n) is 3.57. The summed E-state index contributed by atoms with van der Waals surface area (Å²) in [5, 5.41) is 4.37. The maximum Gasteiger partial charge on any atom is 0.325 e. The van der Waals surface area contributed by atoms with E-state index in [2.05, 4.69) is 9.69 Å². The van der Waals surface area contributed by atoms with E-state index in [0.717, 1.165) is 4.88 Å². The van der Waals surface area contributed by atoms with Gasteiger partial charge in [-0.15, -0.1) is 11.3 Å². The second-order valence-electron chi connectivity index (χ2n) is 7.69. The number of carbonyl (C=O) groups is 4. The van der Waals surface area contributed by atoms with Crippen LogP contribution in [0.5, 0.6) is 11.5 Å². The number of esters is 1. The minimum Gasteiger partial charge on any atom is -0.493 e. The van der Waals surface area contributed by atoms with Crippen molar-refractivity contribution in [2.24, 2.45) is 5.73 Å². The van der Waals surface area contributed by atoms with Gasteiger partial charge in [0.25, 0.3) is 11.8 Å². The highest BCUT2D eigenvalue weighted by Gasteiger charge is 2.36. The lowest BCUT2D eigenvalue weighted by molar-refractivity contribution is -0.143. The van der Waals surface area contributed by atoms with Gasteiger partial charge < -0.3 is 35.9 Å². The van der Waals surface area contributed by atoms with Crippen molar-refractivity contribution in [2.75, 3.05) is 33.1 Å². The second-order valence-corrected chi connectivity index (χ2v) is 9.50. The van der Waals surface area contributed by atoms with Gasteiger partial charge in [-0.1, -0.05) is 12.1 Å². The molecule has 12 nitrogen and oxygen atoms in total. The zero-order valence-electron chi connectivity index (χ0n) is 20.9. The number of benzene rings is 1. The summed E-state index contributed by atoms with van der Waals surface area (Å²) in [6, 6.07) is 7.12. The van der Waals surface area contributed by atoms with E-state index in [9.17, 15) is 19.2 Å². The predicted molar refractivity (Wildman–Crippen MR) is 141 cm³/mol. The average molecular weight is 562 g/mol. The van der Waals surface area contributed by atoms with E-state index >= 15 is 0 Å². The van der Waals surface area contributed by atoms with Gasteiger partial charge in [0, 0.05) is 4.88 Å². The minimum atomic E-state index is -1.25. The lowest BCUT2D eigenvalue weighted by atomic mass is 10.0. The Morgan fingerprint density at radius 1 is 1.13 bits per heavy atom. The molecule has 2 heterocycles. The van der Waals surface area contributed by atoms with Gasteiger partial charge in [-0.3, -0.25) is 19.2 Å². The molecule has 0 bridgehead atoms. The third-order valence-electron chi connectivity index (χ3n) is 5.32. The molecule has 0 unspecified atom stereocenters. The number of carbonyl (C=O) groups excluding carboxylic acids is 4. The van der Waals surface area contributed by atoms with Crippen LogP contribution in [0.2, 0.25) is 0 Å². The molecule has 0 aliphatic heterocycles. The molecule has 3 amide bonds. The smallest absolute Gasteiger partial charge is 0.325 e. The first kappa shape index (κ1) is 28.4. The molecule has 0 saturated carbocycles. The van der Waals surface area contributed by atoms with Crippen LogP contribution in [0.1, 0.15) is 43.6 Å². The summed E-state index contributed by atoms with van der Waals surface area (Å²) in [5.41, 5.74) is 11.3. The molecule has 0 radical (unpaired) electrons. The molecule has 202 valence electrons. The summed E-state index contributed by atoms with van der Waals surface area (Å²) < 4.78 is 19.5. The molecule has 0 spiro atoms. The lowest BCUT2D eigenvalue weighted by Gasteiger charge is -2.31. The van der Waals surface area contributed by atoms with E-state index < -0.39 is 36.3 Å². The van der Waals surface area contributed by atoms with Crippen LogP contribution in [0.4, 0.5) is 5.69 Å². The Bertz CT molecular complexity index is 1310. The SMILES string of the molecule is CCOC(=O)CNC(=O)[C@H](c1ccc(OC)c(OC)c1)N(Cc1cccs1)C(=O)c1snc(C(N)=O)c1N. The van der Waals surface area contributed by atoms with Gasteiger partial charge in [0.05, 0.1) is 33.1 Å². The van der Waals surface area contributed by atoms with Crippen LogP contribution in [0.15, 0.2) is 35.7 Å². The first-order valence-electron chi connectivity index (χ1n) is 11.2. The topological polar surface area (TPSA) is 176 Å². The maximum atomic E-state index is 13.9. The molecule has 0 saturated heterocycles. The maximum absolute atomic E-state index is 13.9. The van der Waals surface area contributed by atoms with E-state index in [0.29, 0.717) is 28.6 Å². The molecule has 38 heavy (non-hydrogen) atoms. The number of primary amides is 1.